The molecule has 1 atom stereocenters. The molecule has 0 saturated carbocycles. The van der Waals surface area contributed by atoms with Crippen LogP contribution in [-0.2, 0) is 16.0 Å². The Labute approximate surface area is 181 Å². The number of ether oxygens (including phenoxy) is 3. The van der Waals surface area contributed by atoms with E-state index >= 15 is 0 Å². The Morgan fingerprint density at radius 1 is 1.13 bits per heavy atom. The predicted octanol–water partition coefficient (Wildman–Crippen LogP) is 4.32. The van der Waals surface area contributed by atoms with Crippen LogP contribution in [-0.4, -0.2) is 43.8 Å². The molecular weight excluding hydrogens is 403 g/mol. The van der Waals surface area contributed by atoms with Crippen LogP contribution in [0.4, 0.5) is 14.9 Å². The molecule has 1 heterocycles. The quantitative estimate of drug-likeness (QED) is 0.662. The fourth-order valence-electron chi connectivity index (χ4n) is 3.71. The molecule has 2 aromatic rings. The maximum Gasteiger partial charge on any atom is 0.322 e. The first-order chi connectivity index (χ1) is 15.0. The highest BCUT2D eigenvalue weighted by Crippen LogP contribution is 2.40. The summed E-state index contributed by atoms with van der Waals surface area (Å²) in [5, 5.41) is 2.71. The van der Waals surface area contributed by atoms with Crippen molar-refractivity contribution in [2.24, 2.45) is 0 Å². The van der Waals surface area contributed by atoms with Crippen molar-refractivity contribution in [3.05, 3.63) is 53.3 Å². The van der Waals surface area contributed by atoms with Gasteiger partial charge >= 0.3 is 12.0 Å². The van der Waals surface area contributed by atoms with E-state index in [1.54, 1.807) is 11.0 Å². The first kappa shape index (κ1) is 22.4. The minimum Gasteiger partial charge on any atom is -0.490 e. The zero-order valence-electron chi connectivity index (χ0n) is 17.9. The molecule has 0 saturated heterocycles. The molecule has 0 bridgehead atoms. The van der Waals surface area contributed by atoms with Crippen molar-refractivity contribution in [2.45, 2.75) is 32.7 Å². The van der Waals surface area contributed by atoms with Crippen LogP contribution >= 0.6 is 0 Å². The zero-order chi connectivity index (χ0) is 22.4. The van der Waals surface area contributed by atoms with E-state index in [9.17, 15) is 14.0 Å². The number of benzene rings is 2. The fourth-order valence-corrected chi connectivity index (χ4v) is 3.71. The third-order valence-electron chi connectivity index (χ3n) is 5.09. The second kappa shape index (κ2) is 10.1. The van der Waals surface area contributed by atoms with Crippen molar-refractivity contribution in [1.29, 1.82) is 0 Å². The van der Waals surface area contributed by atoms with Crippen LogP contribution in [0.15, 0.2) is 36.4 Å². The molecule has 2 amide bonds. The van der Waals surface area contributed by atoms with Gasteiger partial charge in [0.15, 0.2) is 11.5 Å². The van der Waals surface area contributed by atoms with Gasteiger partial charge < -0.3 is 24.4 Å². The molecule has 1 aliphatic rings. The van der Waals surface area contributed by atoms with Gasteiger partial charge in [-0.05, 0) is 61.7 Å². The molecule has 1 N–H and O–H groups in total. The van der Waals surface area contributed by atoms with Crippen molar-refractivity contribution >= 4 is 17.7 Å². The number of halogens is 1. The van der Waals surface area contributed by atoms with E-state index in [0.717, 1.165) is 11.1 Å². The summed E-state index contributed by atoms with van der Waals surface area (Å²) >= 11 is 0. The molecule has 0 aromatic heterocycles. The van der Waals surface area contributed by atoms with Gasteiger partial charge in [0.05, 0.1) is 32.8 Å². The van der Waals surface area contributed by atoms with Gasteiger partial charge in [0.25, 0.3) is 0 Å². The number of fused-ring (bicyclic) bond motifs is 1. The van der Waals surface area contributed by atoms with Gasteiger partial charge in [-0.25, -0.2) is 9.18 Å². The Morgan fingerprint density at radius 2 is 1.84 bits per heavy atom. The molecular formula is C23H27FN2O5. The molecule has 3 rings (SSSR count). The molecule has 0 fully saturated rings. The van der Waals surface area contributed by atoms with E-state index in [1.807, 2.05) is 26.0 Å². The molecule has 1 unspecified atom stereocenters. The predicted molar refractivity (Wildman–Crippen MR) is 114 cm³/mol. The molecule has 0 aliphatic carbocycles. The largest absolute Gasteiger partial charge is 0.490 e. The summed E-state index contributed by atoms with van der Waals surface area (Å²) in [6, 6.07) is 8.44. The Morgan fingerprint density at radius 3 is 2.48 bits per heavy atom. The average molecular weight is 430 g/mol. The van der Waals surface area contributed by atoms with E-state index in [0.29, 0.717) is 43.4 Å². The fraction of sp³-hybridized carbons (Fsp3) is 0.391. The number of hydrogen-bond donors (Lipinski definition) is 1. The first-order valence-corrected chi connectivity index (χ1v) is 10.3. The van der Waals surface area contributed by atoms with Crippen LogP contribution in [0.3, 0.4) is 0 Å². The number of nitrogens with one attached hydrogen (secondary N) is 1. The number of rotatable bonds is 7. The van der Waals surface area contributed by atoms with E-state index in [-0.39, 0.29) is 6.42 Å². The number of hydrogen-bond acceptors (Lipinski definition) is 5. The van der Waals surface area contributed by atoms with Crippen LogP contribution < -0.4 is 14.8 Å². The van der Waals surface area contributed by atoms with Gasteiger partial charge in [-0.2, -0.15) is 0 Å². The monoisotopic (exact) mass is 430 g/mol. The van der Waals surface area contributed by atoms with Crippen LogP contribution in [0, 0.1) is 5.82 Å². The molecule has 31 heavy (non-hydrogen) atoms. The Hall–Kier alpha value is -3.29. The summed E-state index contributed by atoms with van der Waals surface area (Å²) in [5.74, 6) is 0.314. The lowest BCUT2D eigenvalue weighted by Gasteiger charge is -2.37. The van der Waals surface area contributed by atoms with Crippen LogP contribution in [0.2, 0.25) is 0 Å². The third-order valence-corrected chi connectivity index (χ3v) is 5.09. The van der Waals surface area contributed by atoms with Crippen LogP contribution in [0.25, 0.3) is 0 Å². The van der Waals surface area contributed by atoms with Gasteiger partial charge in [-0.15, -0.1) is 0 Å². The van der Waals surface area contributed by atoms with Crippen molar-refractivity contribution < 1.29 is 28.2 Å². The van der Waals surface area contributed by atoms with Crippen molar-refractivity contribution in [3.8, 4) is 11.5 Å². The second-order valence-electron chi connectivity index (χ2n) is 7.04. The minimum atomic E-state index is -0.556. The molecule has 7 nitrogen and oxygen atoms in total. The summed E-state index contributed by atoms with van der Waals surface area (Å²) in [4.78, 5) is 26.8. The molecule has 0 radical (unpaired) electrons. The van der Waals surface area contributed by atoms with Gasteiger partial charge in [-0.3, -0.25) is 4.79 Å². The highest BCUT2D eigenvalue weighted by molar-refractivity contribution is 5.90. The van der Waals surface area contributed by atoms with Gasteiger partial charge in [0.2, 0.25) is 0 Å². The molecule has 0 spiro atoms. The summed E-state index contributed by atoms with van der Waals surface area (Å²) < 4.78 is 29.8. The standard InChI is InChI=1S/C23H27FN2O5/c1-4-30-20-11-15-9-10-26(23(28)25-17-8-6-7-16(24)12-17)19(14-22(27)29-3)18(15)13-21(20)31-5-2/h6-8,11-13,19H,4-5,9-10,14H2,1-3H3,(H,25,28). The van der Waals surface area contributed by atoms with Gasteiger partial charge in [0.1, 0.15) is 5.82 Å². The number of nitrogens with zero attached hydrogens (tertiary/aromatic N) is 1. The number of carbonyl (C=O) groups is 2. The number of anilines is 1. The Kier molecular flexibility index (Phi) is 7.33. The maximum absolute atomic E-state index is 13.5. The number of amides is 2. The minimum absolute atomic E-state index is 0.0143. The first-order valence-electron chi connectivity index (χ1n) is 10.3. The lowest BCUT2D eigenvalue weighted by atomic mass is 9.90. The second-order valence-corrected chi connectivity index (χ2v) is 7.04. The average Bonchev–Trinajstić information content (AvgIpc) is 2.74. The van der Waals surface area contributed by atoms with E-state index in [4.69, 9.17) is 14.2 Å². The van der Waals surface area contributed by atoms with E-state index in [1.165, 1.54) is 25.3 Å². The number of urea groups is 1. The Bertz CT molecular complexity index is 950. The summed E-state index contributed by atoms with van der Waals surface area (Å²) in [6.07, 6.45) is 0.565. The molecule has 2 aromatic carbocycles. The lowest BCUT2D eigenvalue weighted by Crippen LogP contribution is -2.43. The Balaban J connectivity index is 1.96. The van der Waals surface area contributed by atoms with Gasteiger partial charge in [-0.1, -0.05) is 6.07 Å². The van der Waals surface area contributed by atoms with Gasteiger partial charge in [0, 0.05) is 12.2 Å². The van der Waals surface area contributed by atoms with Crippen molar-refractivity contribution in [1.82, 2.24) is 4.90 Å². The number of esters is 1. The maximum atomic E-state index is 13.5. The highest BCUT2D eigenvalue weighted by atomic mass is 19.1. The number of carbonyl (C=O) groups excluding carboxylic acids is 2. The smallest absolute Gasteiger partial charge is 0.322 e. The SMILES string of the molecule is CCOc1cc2c(cc1OCC)C(CC(=O)OC)N(C(=O)Nc1cccc(F)c1)CC2. The van der Waals surface area contributed by atoms with Crippen LogP contribution in [0.5, 0.6) is 11.5 Å². The third kappa shape index (κ3) is 5.25. The van der Waals surface area contributed by atoms with E-state index in [2.05, 4.69) is 5.32 Å². The molecule has 1 aliphatic heterocycles. The summed E-state index contributed by atoms with van der Waals surface area (Å²) in [5.41, 5.74) is 2.13. The topological polar surface area (TPSA) is 77.1 Å². The molecule has 8 heteroatoms. The highest BCUT2D eigenvalue weighted by Gasteiger charge is 2.34. The van der Waals surface area contributed by atoms with Crippen molar-refractivity contribution in [3.63, 3.8) is 0 Å². The van der Waals surface area contributed by atoms with Crippen molar-refractivity contribution in [2.75, 3.05) is 32.2 Å². The zero-order valence-corrected chi connectivity index (χ0v) is 17.9. The summed E-state index contributed by atoms with van der Waals surface area (Å²) in [6.45, 7) is 5.10. The van der Waals surface area contributed by atoms with E-state index < -0.39 is 23.9 Å². The number of methoxy groups -OCH3 is 1. The molecule has 166 valence electrons. The summed E-state index contributed by atoms with van der Waals surface area (Å²) in [7, 11) is 1.31. The normalized spacial score (nSPS) is 15.1. The lowest BCUT2D eigenvalue weighted by molar-refractivity contribution is -0.141. The van der Waals surface area contributed by atoms with Crippen LogP contribution in [0.1, 0.15) is 37.4 Å².